The Morgan fingerprint density at radius 3 is 3.00 bits per heavy atom. The number of hydrogen-bond acceptors (Lipinski definition) is 1. The SMILES string of the molecule is CC(=O)NCCC=Cc1cccc(Br)c1. The molecule has 0 fully saturated rings. The van der Waals surface area contributed by atoms with Crippen molar-refractivity contribution in [3.8, 4) is 0 Å². The molecule has 1 aromatic rings. The lowest BCUT2D eigenvalue weighted by Gasteiger charge is -1.97. The summed E-state index contributed by atoms with van der Waals surface area (Å²) in [5, 5.41) is 2.74. The van der Waals surface area contributed by atoms with Gasteiger partial charge in [-0.2, -0.15) is 0 Å². The molecular formula is C12H14BrNO. The summed E-state index contributed by atoms with van der Waals surface area (Å²) in [5.41, 5.74) is 1.16. The molecule has 15 heavy (non-hydrogen) atoms. The summed E-state index contributed by atoms with van der Waals surface area (Å²) in [6.45, 7) is 2.22. The number of nitrogens with one attached hydrogen (secondary N) is 1. The topological polar surface area (TPSA) is 29.1 Å². The molecule has 1 N–H and O–H groups in total. The smallest absolute Gasteiger partial charge is 0.216 e. The zero-order chi connectivity index (χ0) is 11.1. The van der Waals surface area contributed by atoms with E-state index in [2.05, 4.69) is 33.4 Å². The van der Waals surface area contributed by atoms with Crippen molar-refractivity contribution in [3.63, 3.8) is 0 Å². The third-order valence-electron chi connectivity index (χ3n) is 1.84. The second-order valence-electron chi connectivity index (χ2n) is 3.23. The van der Waals surface area contributed by atoms with Crippen LogP contribution in [0.1, 0.15) is 18.9 Å². The molecule has 0 atom stereocenters. The van der Waals surface area contributed by atoms with E-state index in [1.54, 1.807) is 0 Å². The van der Waals surface area contributed by atoms with Crippen molar-refractivity contribution in [2.75, 3.05) is 6.54 Å². The molecule has 0 aliphatic carbocycles. The first-order chi connectivity index (χ1) is 7.18. The number of hydrogen-bond donors (Lipinski definition) is 1. The van der Waals surface area contributed by atoms with Gasteiger partial charge in [-0.05, 0) is 24.1 Å². The maximum atomic E-state index is 10.6. The van der Waals surface area contributed by atoms with Crippen LogP contribution in [-0.4, -0.2) is 12.5 Å². The average molecular weight is 268 g/mol. The van der Waals surface area contributed by atoms with Gasteiger partial charge in [0.2, 0.25) is 5.91 Å². The van der Waals surface area contributed by atoms with Gasteiger partial charge in [0.15, 0.2) is 0 Å². The molecule has 0 unspecified atom stereocenters. The molecule has 3 heteroatoms. The lowest BCUT2D eigenvalue weighted by atomic mass is 10.2. The van der Waals surface area contributed by atoms with Crippen LogP contribution in [0.15, 0.2) is 34.8 Å². The zero-order valence-corrected chi connectivity index (χ0v) is 10.3. The third kappa shape index (κ3) is 5.37. The van der Waals surface area contributed by atoms with Gasteiger partial charge in [0, 0.05) is 17.9 Å². The van der Waals surface area contributed by atoms with Crippen LogP contribution >= 0.6 is 15.9 Å². The summed E-state index contributed by atoms with van der Waals surface area (Å²) in [5.74, 6) is 0.0193. The Kier molecular flexibility index (Phi) is 5.12. The number of carbonyl (C=O) groups is 1. The summed E-state index contributed by atoms with van der Waals surface area (Å²) >= 11 is 3.41. The minimum atomic E-state index is 0.0193. The first-order valence-corrected chi connectivity index (χ1v) is 5.64. The molecule has 0 heterocycles. The van der Waals surface area contributed by atoms with Gasteiger partial charge in [0.25, 0.3) is 0 Å². The fraction of sp³-hybridized carbons (Fsp3) is 0.250. The van der Waals surface area contributed by atoms with E-state index >= 15 is 0 Å². The molecule has 0 spiro atoms. The Morgan fingerprint density at radius 2 is 2.33 bits per heavy atom. The Hall–Kier alpha value is -1.09. The quantitative estimate of drug-likeness (QED) is 0.836. The van der Waals surface area contributed by atoms with E-state index in [1.165, 1.54) is 6.92 Å². The van der Waals surface area contributed by atoms with Crippen LogP contribution < -0.4 is 5.32 Å². The maximum Gasteiger partial charge on any atom is 0.216 e. The van der Waals surface area contributed by atoms with Crippen LogP contribution in [-0.2, 0) is 4.79 Å². The zero-order valence-electron chi connectivity index (χ0n) is 8.66. The van der Waals surface area contributed by atoms with Crippen LogP contribution in [0.4, 0.5) is 0 Å². The van der Waals surface area contributed by atoms with E-state index in [1.807, 2.05) is 24.3 Å². The van der Waals surface area contributed by atoms with Gasteiger partial charge in [-0.1, -0.05) is 40.2 Å². The van der Waals surface area contributed by atoms with Gasteiger partial charge in [-0.15, -0.1) is 0 Å². The van der Waals surface area contributed by atoms with Crippen molar-refractivity contribution in [1.29, 1.82) is 0 Å². The van der Waals surface area contributed by atoms with E-state index in [0.717, 1.165) is 16.5 Å². The monoisotopic (exact) mass is 267 g/mol. The Morgan fingerprint density at radius 1 is 1.53 bits per heavy atom. The highest BCUT2D eigenvalue weighted by Gasteiger charge is 1.89. The Bertz CT molecular complexity index is 360. The highest BCUT2D eigenvalue weighted by molar-refractivity contribution is 9.10. The predicted molar refractivity (Wildman–Crippen MR) is 66.5 cm³/mol. The molecule has 1 aromatic carbocycles. The summed E-state index contributed by atoms with van der Waals surface area (Å²) < 4.78 is 1.08. The molecule has 2 nitrogen and oxygen atoms in total. The van der Waals surface area contributed by atoms with Gasteiger partial charge in [-0.3, -0.25) is 4.79 Å². The van der Waals surface area contributed by atoms with Gasteiger partial charge in [0.05, 0.1) is 0 Å². The number of carbonyl (C=O) groups excluding carboxylic acids is 1. The third-order valence-corrected chi connectivity index (χ3v) is 2.34. The molecular weight excluding hydrogens is 254 g/mol. The summed E-state index contributed by atoms with van der Waals surface area (Å²) in [6, 6.07) is 8.08. The van der Waals surface area contributed by atoms with Crippen molar-refractivity contribution in [2.45, 2.75) is 13.3 Å². The molecule has 0 saturated heterocycles. The molecule has 0 bridgehead atoms. The number of halogens is 1. The molecule has 0 aliphatic rings. The molecule has 0 aliphatic heterocycles. The lowest BCUT2D eigenvalue weighted by molar-refractivity contribution is -0.118. The van der Waals surface area contributed by atoms with Crippen molar-refractivity contribution in [1.82, 2.24) is 5.32 Å². The Labute approximate surface area is 98.5 Å². The van der Waals surface area contributed by atoms with Crippen LogP contribution in [0, 0.1) is 0 Å². The number of benzene rings is 1. The Balaban J connectivity index is 2.35. The molecule has 0 radical (unpaired) electrons. The second-order valence-corrected chi connectivity index (χ2v) is 4.14. The first kappa shape index (κ1) is 12.0. The van der Waals surface area contributed by atoms with Crippen molar-refractivity contribution >= 4 is 27.9 Å². The lowest BCUT2D eigenvalue weighted by Crippen LogP contribution is -2.20. The highest BCUT2D eigenvalue weighted by Crippen LogP contribution is 2.12. The molecule has 0 aromatic heterocycles. The van der Waals surface area contributed by atoms with Crippen molar-refractivity contribution in [2.24, 2.45) is 0 Å². The first-order valence-electron chi connectivity index (χ1n) is 4.85. The van der Waals surface area contributed by atoms with Gasteiger partial charge < -0.3 is 5.32 Å². The predicted octanol–water partition coefficient (Wildman–Crippen LogP) is 2.99. The van der Waals surface area contributed by atoms with E-state index in [0.29, 0.717) is 6.54 Å². The standard InChI is InChI=1S/C12H14BrNO/c1-10(15)14-8-3-2-5-11-6-4-7-12(13)9-11/h2,4-7,9H,3,8H2,1H3,(H,14,15). The number of amides is 1. The maximum absolute atomic E-state index is 10.6. The van der Waals surface area contributed by atoms with Crippen molar-refractivity contribution < 1.29 is 4.79 Å². The van der Waals surface area contributed by atoms with Gasteiger partial charge in [0.1, 0.15) is 0 Å². The normalized spacial score (nSPS) is 10.5. The summed E-state index contributed by atoms with van der Waals surface area (Å²) in [7, 11) is 0. The largest absolute Gasteiger partial charge is 0.356 e. The fourth-order valence-corrected chi connectivity index (χ4v) is 1.58. The van der Waals surface area contributed by atoms with Gasteiger partial charge in [-0.25, -0.2) is 0 Å². The molecule has 0 saturated carbocycles. The van der Waals surface area contributed by atoms with E-state index in [9.17, 15) is 4.79 Å². The van der Waals surface area contributed by atoms with E-state index in [-0.39, 0.29) is 5.91 Å². The van der Waals surface area contributed by atoms with E-state index in [4.69, 9.17) is 0 Å². The minimum Gasteiger partial charge on any atom is -0.356 e. The van der Waals surface area contributed by atoms with Gasteiger partial charge >= 0.3 is 0 Å². The summed E-state index contributed by atoms with van der Waals surface area (Å²) in [4.78, 5) is 10.6. The van der Waals surface area contributed by atoms with Crippen molar-refractivity contribution in [3.05, 3.63) is 40.4 Å². The van der Waals surface area contributed by atoms with Crippen LogP contribution in [0.25, 0.3) is 6.08 Å². The van der Waals surface area contributed by atoms with Crippen LogP contribution in [0.5, 0.6) is 0 Å². The molecule has 1 amide bonds. The minimum absolute atomic E-state index is 0.0193. The average Bonchev–Trinajstić information content (AvgIpc) is 2.17. The second kappa shape index (κ2) is 6.40. The highest BCUT2D eigenvalue weighted by atomic mass is 79.9. The molecule has 80 valence electrons. The fourth-order valence-electron chi connectivity index (χ4n) is 1.16. The van der Waals surface area contributed by atoms with E-state index < -0.39 is 0 Å². The summed E-state index contributed by atoms with van der Waals surface area (Å²) in [6.07, 6.45) is 4.95. The molecule has 1 rings (SSSR count). The number of rotatable bonds is 4. The van der Waals surface area contributed by atoms with Crippen LogP contribution in [0.2, 0.25) is 0 Å². The van der Waals surface area contributed by atoms with Crippen LogP contribution in [0.3, 0.4) is 0 Å².